The molecule has 0 saturated carbocycles. The summed E-state index contributed by atoms with van der Waals surface area (Å²) in [6.07, 6.45) is -0.0386. The fraction of sp³-hybridized carbons (Fsp3) is 0.385. The topological polar surface area (TPSA) is 53.9 Å². The van der Waals surface area contributed by atoms with Gasteiger partial charge in [-0.15, -0.1) is 0 Å². The average Bonchev–Trinajstić information content (AvgIpc) is 2.63. The molecule has 1 heterocycles. The molecule has 1 fully saturated rings. The van der Waals surface area contributed by atoms with Crippen molar-refractivity contribution in [3.05, 3.63) is 30.3 Å². The Balaban J connectivity index is 2.19. The zero-order chi connectivity index (χ0) is 13.1. The van der Waals surface area contributed by atoms with Crippen molar-refractivity contribution < 1.29 is 9.63 Å². The van der Waals surface area contributed by atoms with E-state index < -0.39 is 0 Å². The van der Waals surface area contributed by atoms with Crippen LogP contribution >= 0.6 is 0 Å². The summed E-state index contributed by atoms with van der Waals surface area (Å²) < 4.78 is 0. The quantitative estimate of drug-likeness (QED) is 0.827. The van der Waals surface area contributed by atoms with E-state index in [9.17, 15) is 4.79 Å². The Kier molecular flexibility index (Phi) is 3.62. The molecule has 0 bridgehead atoms. The van der Waals surface area contributed by atoms with E-state index in [1.165, 1.54) is 5.01 Å². The Morgan fingerprint density at radius 1 is 1.33 bits per heavy atom. The monoisotopic (exact) mass is 247 g/mol. The minimum Gasteiger partial charge on any atom is -0.393 e. The highest BCUT2D eigenvalue weighted by atomic mass is 16.6. The maximum Gasteiger partial charge on any atom is 0.292 e. The summed E-state index contributed by atoms with van der Waals surface area (Å²) in [5, 5.41) is 5.42. The molecule has 1 unspecified atom stereocenters. The van der Waals surface area contributed by atoms with Gasteiger partial charge in [0.1, 0.15) is 6.10 Å². The van der Waals surface area contributed by atoms with Gasteiger partial charge in [-0.25, -0.2) is 10.4 Å². The fourth-order valence-electron chi connectivity index (χ4n) is 1.66. The molecule has 1 aromatic rings. The summed E-state index contributed by atoms with van der Waals surface area (Å²) in [5.74, 6) is -0.172. The van der Waals surface area contributed by atoms with Crippen LogP contribution in [0.4, 0.5) is 5.69 Å². The lowest BCUT2D eigenvalue weighted by atomic mass is 10.2. The third kappa shape index (κ3) is 2.51. The Morgan fingerprint density at radius 2 is 2.00 bits per heavy atom. The number of amides is 1. The molecule has 2 rings (SSSR count). The molecule has 1 saturated heterocycles. The summed E-state index contributed by atoms with van der Waals surface area (Å²) in [6.45, 7) is 5.62. The Hall–Kier alpha value is -1.88. The van der Waals surface area contributed by atoms with Crippen LogP contribution in [-0.2, 0) is 9.63 Å². The largest absolute Gasteiger partial charge is 0.393 e. The van der Waals surface area contributed by atoms with Crippen LogP contribution in [0.1, 0.15) is 20.8 Å². The van der Waals surface area contributed by atoms with Crippen LogP contribution in [0.2, 0.25) is 0 Å². The van der Waals surface area contributed by atoms with Crippen molar-refractivity contribution in [1.82, 2.24) is 5.43 Å². The first-order valence-electron chi connectivity index (χ1n) is 5.99. The van der Waals surface area contributed by atoms with Crippen LogP contribution in [0.3, 0.4) is 0 Å². The molecule has 96 valence electrons. The Morgan fingerprint density at radius 3 is 2.61 bits per heavy atom. The lowest BCUT2D eigenvalue weighted by Gasteiger charge is -2.15. The molecule has 1 N–H and O–H groups in total. The lowest BCUT2D eigenvalue weighted by Crippen LogP contribution is -2.36. The lowest BCUT2D eigenvalue weighted by molar-refractivity contribution is -0.112. The molecule has 1 aliphatic rings. The number of para-hydroxylation sites is 1. The van der Waals surface area contributed by atoms with Gasteiger partial charge in [-0.2, -0.15) is 0 Å². The van der Waals surface area contributed by atoms with Gasteiger partial charge in [-0.1, -0.05) is 23.4 Å². The van der Waals surface area contributed by atoms with Gasteiger partial charge in [-0.05, 0) is 32.9 Å². The number of hydrogen-bond donors (Lipinski definition) is 1. The summed E-state index contributed by atoms with van der Waals surface area (Å²) in [5.41, 5.74) is 4.26. The zero-order valence-corrected chi connectivity index (χ0v) is 10.8. The normalized spacial score (nSPS) is 22.0. The summed E-state index contributed by atoms with van der Waals surface area (Å²) >= 11 is 0. The minimum absolute atomic E-state index is 0.0386. The van der Waals surface area contributed by atoms with Crippen molar-refractivity contribution in [1.29, 1.82) is 0 Å². The zero-order valence-electron chi connectivity index (χ0n) is 10.8. The number of anilines is 1. The molecule has 5 heteroatoms. The first kappa shape index (κ1) is 12.6. The first-order valence-corrected chi connectivity index (χ1v) is 5.99. The highest BCUT2D eigenvalue weighted by Crippen LogP contribution is 2.17. The van der Waals surface area contributed by atoms with Gasteiger partial charge in [0.25, 0.3) is 5.91 Å². The number of carbonyl (C=O) groups excluding carboxylic acids is 1. The van der Waals surface area contributed by atoms with Crippen LogP contribution in [0, 0.1) is 0 Å². The van der Waals surface area contributed by atoms with Gasteiger partial charge >= 0.3 is 0 Å². The average molecular weight is 247 g/mol. The van der Waals surface area contributed by atoms with E-state index in [0.29, 0.717) is 5.71 Å². The fourth-order valence-corrected chi connectivity index (χ4v) is 1.66. The molecule has 0 aliphatic carbocycles. The maximum atomic E-state index is 12.2. The number of nitrogens with zero attached hydrogens (tertiary/aromatic N) is 2. The predicted octanol–water partition coefficient (Wildman–Crippen LogP) is 1.71. The van der Waals surface area contributed by atoms with Crippen LogP contribution in [-0.4, -0.2) is 23.8 Å². The highest BCUT2D eigenvalue weighted by molar-refractivity contribution is 6.47. The molecular formula is C13H17N3O2. The summed E-state index contributed by atoms with van der Waals surface area (Å²) in [4.78, 5) is 17.3. The predicted molar refractivity (Wildman–Crippen MR) is 70.2 cm³/mol. The third-order valence-corrected chi connectivity index (χ3v) is 2.53. The van der Waals surface area contributed by atoms with Gasteiger partial charge < -0.3 is 4.84 Å². The standard InChI is InChI=1S/C13H17N3O2/c1-9(2)18-15-12-10(3)14-16(13(12)17)11-7-5-4-6-8-11/h4-10,14H,1-3H3. The van der Waals surface area contributed by atoms with Gasteiger partial charge in [0, 0.05) is 0 Å². The van der Waals surface area contributed by atoms with E-state index in [1.807, 2.05) is 51.1 Å². The number of nitrogens with one attached hydrogen (secondary N) is 1. The summed E-state index contributed by atoms with van der Waals surface area (Å²) in [7, 11) is 0. The third-order valence-electron chi connectivity index (χ3n) is 2.53. The number of rotatable bonds is 3. The van der Waals surface area contributed by atoms with Crippen LogP contribution < -0.4 is 10.4 Å². The minimum atomic E-state index is -0.172. The van der Waals surface area contributed by atoms with Gasteiger partial charge in [0.15, 0.2) is 5.71 Å². The van der Waals surface area contributed by atoms with Gasteiger partial charge in [0.2, 0.25) is 0 Å². The molecule has 0 aromatic heterocycles. The van der Waals surface area contributed by atoms with Crippen molar-refractivity contribution in [3.8, 4) is 0 Å². The molecule has 1 aromatic carbocycles. The van der Waals surface area contributed by atoms with Crippen LogP contribution in [0.5, 0.6) is 0 Å². The van der Waals surface area contributed by atoms with Gasteiger partial charge in [0.05, 0.1) is 11.7 Å². The molecule has 0 spiro atoms. The smallest absolute Gasteiger partial charge is 0.292 e. The highest BCUT2D eigenvalue weighted by Gasteiger charge is 2.35. The molecule has 0 radical (unpaired) electrons. The van der Waals surface area contributed by atoms with Crippen molar-refractivity contribution >= 4 is 17.3 Å². The number of hydrazine groups is 1. The van der Waals surface area contributed by atoms with Crippen LogP contribution in [0.15, 0.2) is 35.5 Å². The molecule has 1 amide bonds. The molecular weight excluding hydrogens is 230 g/mol. The number of oxime groups is 1. The Bertz CT molecular complexity index is 457. The van der Waals surface area contributed by atoms with Crippen molar-refractivity contribution in [2.24, 2.45) is 5.16 Å². The first-order chi connectivity index (χ1) is 8.59. The Labute approximate surface area is 106 Å². The molecule has 1 aliphatic heterocycles. The second kappa shape index (κ2) is 5.18. The second-order valence-electron chi connectivity index (χ2n) is 4.46. The molecule has 5 nitrogen and oxygen atoms in total. The van der Waals surface area contributed by atoms with E-state index in [1.54, 1.807) is 0 Å². The number of carbonyl (C=O) groups is 1. The van der Waals surface area contributed by atoms with E-state index in [2.05, 4.69) is 10.6 Å². The van der Waals surface area contributed by atoms with E-state index >= 15 is 0 Å². The van der Waals surface area contributed by atoms with Gasteiger partial charge in [-0.3, -0.25) is 4.79 Å². The van der Waals surface area contributed by atoms with E-state index in [-0.39, 0.29) is 18.1 Å². The summed E-state index contributed by atoms with van der Waals surface area (Å²) in [6, 6.07) is 9.25. The van der Waals surface area contributed by atoms with Crippen molar-refractivity contribution in [2.45, 2.75) is 32.9 Å². The maximum absolute atomic E-state index is 12.2. The van der Waals surface area contributed by atoms with Crippen molar-refractivity contribution in [2.75, 3.05) is 5.01 Å². The molecule has 1 atom stereocenters. The number of hydrogen-bond acceptors (Lipinski definition) is 4. The number of benzene rings is 1. The van der Waals surface area contributed by atoms with Crippen LogP contribution in [0.25, 0.3) is 0 Å². The van der Waals surface area contributed by atoms with Crippen molar-refractivity contribution in [3.63, 3.8) is 0 Å². The van der Waals surface area contributed by atoms with E-state index in [4.69, 9.17) is 4.84 Å². The van der Waals surface area contributed by atoms with E-state index in [0.717, 1.165) is 5.69 Å². The molecule has 18 heavy (non-hydrogen) atoms. The second-order valence-corrected chi connectivity index (χ2v) is 4.46. The SMILES string of the molecule is CC(C)ON=C1C(=O)N(c2ccccc2)NC1C.